The van der Waals surface area contributed by atoms with Crippen LogP contribution < -0.4 is 10.1 Å². The van der Waals surface area contributed by atoms with Crippen molar-refractivity contribution in [3.63, 3.8) is 0 Å². The Morgan fingerprint density at radius 3 is 2.61 bits per heavy atom. The van der Waals surface area contributed by atoms with E-state index in [0.717, 1.165) is 35.4 Å². The van der Waals surface area contributed by atoms with E-state index in [0.29, 0.717) is 12.5 Å². The van der Waals surface area contributed by atoms with Crippen LogP contribution in [0.4, 0.5) is 5.69 Å². The molecule has 2 aliphatic rings. The predicted molar refractivity (Wildman–Crippen MR) is 90.8 cm³/mol. The minimum absolute atomic E-state index is 0.0851. The van der Waals surface area contributed by atoms with Crippen LogP contribution in [0.25, 0.3) is 0 Å². The quantitative estimate of drug-likeness (QED) is 0.915. The fourth-order valence-corrected chi connectivity index (χ4v) is 3.67. The van der Waals surface area contributed by atoms with Crippen LogP contribution in [0.1, 0.15) is 42.7 Å². The minimum Gasteiger partial charge on any atom is -0.490 e. The molecule has 0 spiro atoms. The van der Waals surface area contributed by atoms with E-state index in [9.17, 15) is 4.79 Å². The Morgan fingerprint density at radius 1 is 1.00 bits per heavy atom. The molecule has 1 unspecified atom stereocenters. The van der Waals surface area contributed by atoms with Gasteiger partial charge in [0.1, 0.15) is 5.75 Å². The molecule has 1 atom stereocenters. The zero-order chi connectivity index (χ0) is 15.6. The van der Waals surface area contributed by atoms with Crippen LogP contribution in [0.15, 0.2) is 48.5 Å². The first-order valence-corrected chi connectivity index (χ1v) is 8.45. The van der Waals surface area contributed by atoms with Gasteiger partial charge in [0.05, 0.1) is 12.0 Å². The molecule has 0 aromatic heterocycles. The molecule has 0 radical (unpaired) electrons. The van der Waals surface area contributed by atoms with Crippen molar-refractivity contribution in [3.05, 3.63) is 59.7 Å². The van der Waals surface area contributed by atoms with E-state index in [1.807, 2.05) is 42.5 Å². The highest BCUT2D eigenvalue weighted by molar-refractivity contribution is 6.03. The molecule has 2 aromatic rings. The molecule has 23 heavy (non-hydrogen) atoms. The van der Waals surface area contributed by atoms with E-state index in [1.165, 1.54) is 12.8 Å². The second kappa shape index (κ2) is 6.07. The van der Waals surface area contributed by atoms with Crippen LogP contribution in [-0.2, 0) is 11.2 Å². The first-order chi connectivity index (χ1) is 11.3. The van der Waals surface area contributed by atoms with Gasteiger partial charge >= 0.3 is 0 Å². The molecule has 3 heteroatoms. The lowest BCUT2D eigenvalue weighted by Gasteiger charge is -2.18. The summed E-state index contributed by atoms with van der Waals surface area (Å²) in [4.78, 5) is 12.3. The van der Waals surface area contributed by atoms with Crippen molar-refractivity contribution in [1.82, 2.24) is 0 Å². The summed E-state index contributed by atoms with van der Waals surface area (Å²) in [7, 11) is 0. The Labute approximate surface area is 136 Å². The van der Waals surface area contributed by atoms with Gasteiger partial charge in [-0.2, -0.15) is 0 Å². The molecular weight excluding hydrogens is 286 g/mol. The van der Waals surface area contributed by atoms with Gasteiger partial charge in [0.25, 0.3) is 0 Å². The smallest absolute Gasteiger partial charge is 0.232 e. The molecule has 0 saturated heterocycles. The number of ether oxygens (including phenoxy) is 1. The van der Waals surface area contributed by atoms with Crippen LogP contribution in [0, 0.1) is 0 Å². The van der Waals surface area contributed by atoms with Crippen molar-refractivity contribution in [3.8, 4) is 5.75 Å². The number of para-hydroxylation sites is 2. The predicted octanol–water partition coefficient (Wildman–Crippen LogP) is 4.29. The number of anilines is 1. The number of amides is 1. The average molecular weight is 307 g/mol. The van der Waals surface area contributed by atoms with E-state index < -0.39 is 0 Å². The summed E-state index contributed by atoms with van der Waals surface area (Å²) in [5.74, 6) is 0.901. The molecule has 1 saturated carbocycles. The van der Waals surface area contributed by atoms with Crippen LogP contribution >= 0.6 is 0 Å². The van der Waals surface area contributed by atoms with Crippen molar-refractivity contribution < 1.29 is 9.53 Å². The third kappa shape index (κ3) is 2.83. The summed E-state index contributed by atoms with van der Waals surface area (Å²) in [5.41, 5.74) is 3.15. The SMILES string of the molecule is O=C1Nc2ccccc2C1Cc1ccccc1OC1CCCC1. The average Bonchev–Trinajstić information content (AvgIpc) is 3.18. The van der Waals surface area contributed by atoms with Crippen LogP contribution in [-0.4, -0.2) is 12.0 Å². The molecule has 1 amide bonds. The first-order valence-electron chi connectivity index (χ1n) is 8.45. The van der Waals surface area contributed by atoms with E-state index >= 15 is 0 Å². The standard InChI is InChI=1S/C20H21NO2/c22-20-17(16-10-4-5-11-18(16)21-20)13-14-7-1-6-12-19(14)23-15-8-2-3-9-15/h1,4-7,10-12,15,17H,2-3,8-9,13H2,(H,21,22). The number of carbonyl (C=O) groups is 1. The summed E-state index contributed by atoms with van der Waals surface area (Å²) in [5, 5.41) is 2.98. The zero-order valence-electron chi connectivity index (χ0n) is 13.1. The molecule has 4 rings (SSSR count). The molecule has 1 aliphatic heterocycles. The largest absolute Gasteiger partial charge is 0.490 e. The summed E-state index contributed by atoms with van der Waals surface area (Å²) < 4.78 is 6.21. The Hall–Kier alpha value is -2.29. The van der Waals surface area contributed by atoms with Crippen molar-refractivity contribution in [1.29, 1.82) is 0 Å². The Morgan fingerprint density at radius 2 is 1.74 bits per heavy atom. The maximum absolute atomic E-state index is 12.3. The summed E-state index contributed by atoms with van der Waals surface area (Å²) in [6.45, 7) is 0. The molecule has 1 N–H and O–H groups in total. The topological polar surface area (TPSA) is 38.3 Å². The van der Waals surface area contributed by atoms with E-state index in [1.54, 1.807) is 0 Å². The monoisotopic (exact) mass is 307 g/mol. The summed E-state index contributed by atoms with van der Waals surface area (Å²) >= 11 is 0. The second-order valence-electron chi connectivity index (χ2n) is 6.47. The molecular formula is C20H21NO2. The Balaban J connectivity index is 1.58. The van der Waals surface area contributed by atoms with E-state index in [-0.39, 0.29) is 11.8 Å². The van der Waals surface area contributed by atoms with Gasteiger partial charge in [0, 0.05) is 5.69 Å². The van der Waals surface area contributed by atoms with Crippen molar-refractivity contribution >= 4 is 11.6 Å². The number of rotatable bonds is 4. The van der Waals surface area contributed by atoms with Gasteiger partial charge in [-0.3, -0.25) is 4.79 Å². The molecule has 3 nitrogen and oxygen atoms in total. The Bertz CT molecular complexity index is 719. The van der Waals surface area contributed by atoms with Gasteiger partial charge in [-0.1, -0.05) is 36.4 Å². The van der Waals surface area contributed by atoms with E-state index in [2.05, 4.69) is 11.4 Å². The highest BCUT2D eigenvalue weighted by atomic mass is 16.5. The summed E-state index contributed by atoms with van der Waals surface area (Å²) in [6, 6.07) is 16.1. The molecule has 1 heterocycles. The zero-order valence-corrected chi connectivity index (χ0v) is 13.1. The minimum atomic E-state index is -0.125. The Kier molecular flexibility index (Phi) is 3.78. The molecule has 0 bridgehead atoms. The third-order valence-electron chi connectivity index (χ3n) is 4.90. The highest BCUT2D eigenvalue weighted by Crippen LogP contribution is 2.36. The van der Waals surface area contributed by atoms with Crippen molar-refractivity contribution in [2.45, 2.75) is 44.1 Å². The van der Waals surface area contributed by atoms with Crippen LogP contribution in [0.2, 0.25) is 0 Å². The maximum Gasteiger partial charge on any atom is 0.232 e. The summed E-state index contributed by atoms with van der Waals surface area (Å²) in [6.07, 6.45) is 5.81. The lowest BCUT2D eigenvalue weighted by atomic mass is 9.93. The van der Waals surface area contributed by atoms with Gasteiger partial charge in [0.15, 0.2) is 0 Å². The number of hydrogen-bond donors (Lipinski definition) is 1. The van der Waals surface area contributed by atoms with Crippen molar-refractivity contribution in [2.24, 2.45) is 0 Å². The van der Waals surface area contributed by atoms with Gasteiger partial charge in [0.2, 0.25) is 5.91 Å². The lowest BCUT2D eigenvalue weighted by Crippen LogP contribution is -2.16. The first kappa shape index (κ1) is 14.3. The third-order valence-corrected chi connectivity index (χ3v) is 4.90. The van der Waals surface area contributed by atoms with Crippen LogP contribution in [0.5, 0.6) is 5.75 Å². The molecule has 2 aromatic carbocycles. The number of fused-ring (bicyclic) bond motifs is 1. The number of carbonyl (C=O) groups excluding carboxylic acids is 1. The lowest BCUT2D eigenvalue weighted by molar-refractivity contribution is -0.117. The second-order valence-corrected chi connectivity index (χ2v) is 6.47. The van der Waals surface area contributed by atoms with Crippen LogP contribution in [0.3, 0.4) is 0 Å². The van der Waals surface area contributed by atoms with E-state index in [4.69, 9.17) is 4.74 Å². The molecule has 118 valence electrons. The van der Waals surface area contributed by atoms with Gasteiger partial charge in [-0.05, 0) is 55.4 Å². The normalized spacial score (nSPS) is 20.3. The van der Waals surface area contributed by atoms with Gasteiger partial charge in [-0.25, -0.2) is 0 Å². The number of hydrogen-bond acceptors (Lipinski definition) is 2. The van der Waals surface area contributed by atoms with Gasteiger partial charge < -0.3 is 10.1 Å². The number of benzene rings is 2. The maximum atomic E-state index is 12.3. The molecule has 1 fully saturated rings. The fourth-order valence-electron chi connectivity index (χ4n) is 3.67. The highest BCUT2D eigenvalue weighted by Gasteiger charge is 2.31. The number of nitrogens with one attached hydrogen (secondary N) is 1. The molecule has 1 aliphatic carbocycles. The fraction of sp³-hybridized carbons (Fsp3) is 0.350. The van der Waals surface area contributed by atoms with Crippen molar-refractivity contribution in [2.75, 3.05) is 5.32 Å². The van der Waals surface area contributed by atoms with Gasteiger partial charge in [-0.15, -0.1) is 0 Å².